The first kappa shape index (κ1) is 43.8. The molecule has 2 nitrogen and oxygen atoms in total. The van der Waals surface area contributed by atoms with Gasteiger partial charge < -0.3 is 9.80 Å². The largest absolute Gasteiger partial charge is 0.310 e. The highest BCUT2D eigenvalue weighted by Crippen LogP contribution is 2.40. The maximum atomic E-state index is 2.34. The number of fused-ring (bicyclic) bond motifs is 2. The molecule has 0 fully saturated rings. The van der Waals surface area contributed by atoms with Gasteiger partial charge in [-0.1, -0.05) is 231 Å². The Morgan fingerprint density at radius 1 is 0.181 bits per heavy atom. The Hall–Kier alpha value is -9.50. The molecule has 0 aliphatic rings. The zero-order valence-electron chi connectivity index (χ0n) is 39.8. The first-order valence-electron chi connectivity index (χ1n) is 24.6. The minimum absolute atomic E-state index is 1.11. The van der Waals surface area contributed by atoms with E-state index >= 15 is 0 Å². The molecule has 12 aromatic rings. The van der Waals surface area contributed by atoms with Gasteiger partial charge in [-0.05, 0) is 150 Å². The molecule has 0 atom stereocenters. The SMILES string of the molecule is C(=C\c1ccc(-c2ccc(N(c3ccc(-c4ccccc4)cc3)c3ccc4ccccc4c3)cc2)cc1)/c1ccc(-c2ccc(N(c3ccc(-c4ccccc4)cc3)c3ccc4ccccc4c3)cc2)cc1. The average Bonchev–Trinajstić information content (AvgIpc) is 3.46. The molecule has 12 rings (SSSR count). The van der Waals surface area contributed by atoms with Crippen LogP contribution in [0.3, 0.4) is 0 Å². The van der Waals surface area contributed by atoms with Crippen molar-refractivity contribution < 1.29 is 0 Å². The van der Waals surface area contributed by atoms with Gasteiger partial charge in [-0.25, -0.2) is 0 Å². The smallest absolute Gasteiger partial charge is 0.0468 e. The molecule has 0 unspecified atom stereocenters. The molecule has 0 aliphatic carbocycles. The topological polar surface area (TPSA) is 6.48 Å². The summed E-state index contributed by atoms with van der Waals surface area (Å²) in [4.78, 5) is 4.69. The van der Waals surface area contributed by atoms with Gasteiger partial charge in [-0.3, -0.25) is 0 Å². The lowest BCUT2D eigenvalue weighted by Crippen LogP contribution is -2.09. The fraction of sp³-hybridized carbons (Fsp3) is 0. The number of rotatable bonds is 12. The Labute approximate surface area is 422 Å². The van der Waals surface area contributed by atoms with Crippen molar-refractivity contribution in [3.8, 4) is 44.5 Å². The summed E-state index contributed by atoms with van der Waals surface area (Å²) in [6.45, 7) is 0. The lowest BCUT2D eigenvalue weighted by molar-refractivity contribution is 1.29. The molecule has 2 heteroatoms. The fourth-order valence-electron chi connectivity index (χ4n) is 9.76. The summed E-state index contributed by atoms with van der Waals surface area (Å²) in [7, 11) is 0. The third kappa shape index (κ3) is 9.33. The minimum atomic E-state index is 1.11. The van der Waals surface area contributed by atoms with Crippen molar-refractivity contribution in [2.75, 3.05) is 9.80 Å². The van der Waals surface area contributed by atoms with Gasteiger partial charge in [-0.15, -0.1) is 0 Å². The Kier molecular flexibility index (Phi) is 12.1. The highest BCUT2D eigenvalue weighted by molar-refractivity contribution is 5.91. The summed E-state index contributed by atoms with van der Waals surface area (Å²) in [5, 5.41) is 4.89. The van der Waals surface area contributed by atoms with Gasteiger partial charge in [0.05, 0.1) is 0 Å². The van der Waals surface area contributed by atoms with Crippen molar-refractivity contribution in [1.82, 2.24) is 0 Å². The lowest BCUT2D eigenvalue weighted by atomic mass is 10.0. The third-order valence-electron chi connectivity index (χ3n) is 13.7. The highest BCUT2D eigenvalue weighted by atomic mass is 15.1. The second-order valence-electron chi connectivity index (χ2n) is 18.2. The molecule has 0 amide bonds. The normalized spacial score (nSPS) is 11.3. The summed E-state index contributed by atoms with van der Waals surface area (Å²) in [6.07, 6.45) is 4.38. The monoisotopic (exact) mass is 918 g/mol. The van der Waals surface area contributed by atoms with E-state index in [1.54, 1.807) is 0 Å². The van der Waals surface area contributed by atoms with E-state index in [9.17, 15) is 0 Å². The Morgan fingerprint density at radius 2 is 0.417 bits per heavy atom. The quantitative estimate of drug-likeness (QED) is 0.113. The van der Waals surface area contributed by atoms with E-state index in [0.717, 1.165) is 45.3 Å². The van der Waals surface area contributed by atoms with Crippen LogP contribution < -0.4 is 9.80 Å². The molecule has 0 saturated carbocycles. The molecular formula is C70H50N2. The van der Waals surface area contributed by atoms with Crippen LogP contribution in [0, 0.1) is 0 Å². The van der Waals surface area contributed by atoms with Crippen LogP contribution in [0.2, 0.25) is 0 Å². The first-order valence-corrected chi connectivity index (χ1v) is 24.6. The summed E-state index contributed by atoms with van der Waals surface area (Å²) < 4.78 is 0. The van der Waals surface area contributed by atoms with Crippen molar-refractivity contribution in [2.24, 2.45) is 0 Å². The Morgan fingerprint density at radius 3 is 0.722 bits per heavy atom. The van der Waals surface area contributed by atoms with Gasteiger partial charge >= 0.3 is 0 Å². The van der Waals surface area contributed by atoms with Crippen LogP contribution in [0.15, 0.2) is 291 Å². The predicted molar refractivity (Wildman–Crippen MR) is 308 cm³/mol. The lowest BCUT2D eigenvalue weighted by Gasteiger charge is -2.26. The minimum Gasteiger partial charge on any atom is -0.310 e. The van der Waals surface area contributed by atoms with E-state index < -0.39 is 0 Å². The Balaban J connectivity index is 0.743. The zero-order valence-corrected chi connectivity index (χ0v) is 39.8. The van der Waals surface area contributed by atoms with E-state index in [1.165, 1.54) is 66.1 Å². The average molecular weight is 919 g/mol. The molecule has 0 bridgehead atoms. The molecular weight excluding hydrogens is 869 g/mol. The number of nitrogens with zero attached hydrogens (tertiary/aromatic N) is 2. The molecule has 0 N–H and O–H groups in total. The van der Waals surface area contributed by atoms with Crippen LogP contribution in [0.1, 0.15) is 11.1 Å². The van der Waals surface area contributed by atoms with Crippen LogP contribution >= 0.6 is 0 Å². The molecule has 0 spiro atoms. The van der Waals surface area contributed by atoms with Crippen molar-refractivity contribution in [3.63, 3.8) is 0 Å². The van der Waals surface area contributed by atoms with E-state index in [4.69, 9.17) is 0 Å². The van der Waals surface area contributed by atoms with E-state index in [-0.39, 0.29) is 0 Å². The first-order chi connectivity index (χ1) is 35.6. The van der Waals surface area contributed by atoms with Gasteiger partial charge in [0, 0.05) is 34.1 Å². The predicted octanol–water partition coefficient (Wildman–Crippen LogP) is 19.8. The van der Waals surface area contributed by atoms with E-state index in [2.05, 4.69) is 313 Å². The van der Waals surface area contributed by atoms with Crippen LogP contribution in [0.4, 0.5) is 34.1 Å². The maximum Gasteiger partial charge on any atom is 0.0468 e. The van der Waals surface area contributed by atoms with Gasteiger partial charge in [0.25, 0.3) is 0 Å². The fourth-order valence-corrected chi connectivity index (χ4v) is 9.76. The second-order valence-corrected chi connectivity index (χ2v) is 18.2. The second kappa shape index (κ2) is 19.8. The van der Waals surface area contributed by atoms with Crippen LogP contribution in [0.25, 0.3) is 78.2 Å². The number of anilines is 6. The van der Waals surface area contributed by atoms with Crippen molar-refractivity contribution in [1.29, 1.82) is 0 Å². The molecule has 0 aliphatic heterocycles. The highest BCUT2D eigenvalue weighted by Gasteiger charge is 2.16. The molecule has 0 aromatic heterocycles. The number of hydrogen-bond acceptors (Lipinski definition) is 2. The van der Waals surface area contributed by atoms with Crippen molar-refractivity contribution in [3.05, 3.63) is 302 Å². The molecule has 0 heterocycles. The zero-order chi connectivity index (χ0) is 48.1. The van der Waals surface area contributed by atoms with Gasteiger partial charge in [-0.2, -0.15) is 0 Å². The third-order valence-corrected chi connectivity index (χ3v) is 13.7. The standard InChI is InChI=1S/C70H50N2/c1-3-11-53(12-4-1)59-29-39-65(40-30-59)71(69-47-37-55-15-7-9-17-63(55)49-69)67-43-33-61(34-44-67)57-25-21-51(22-26-57)19-20-52-23-27-58(28-24-52)62-35-45-68(46-36-62)72(70-48-38-56-16-8-10-18-64(56)50-70)66-41-31-60(32-42-66)54-13-5-2-6-14-54/h1-50H/b20-19+. The van der Waals surface area contributed by atoms with Crippen molar-refractivity contribution in [2.45, 2.75) is 0 Å². The molecule has 12 aromatic carbocycles. The number of hydrogen-bond donors (Lipinski definition) is 0. The van der Waals surface area contributed by atoms with E-state index in [0.29, 0.717) is 0 Å². The summed E-state index contributed by atoms with van der Waals surface area (Å²) in [5.74, 6) is 0. The number of benzene rings is 12. The molecule has 72 heavy (non-hydrogen) atoms. The van der Waals surface area contributed by atoms with Crippen LogP contribution in [-0.4, -0.2) is 0 Å². The van der Waals surface area contributed by atoms with Gasteiger partial charge in [0.1, 0.15) is 0 Å². The van der Waals surface area contributed by atoms with Crippen LogP contribution in [0.5, 0.6) is 0 Å². The summed E-state index contributed by atoms with van der Waals surface area (Å²) in [5.41, 5.74) is 18.5. The van der Waals surface area contributed by atoms with E-state index in [1.807, 2.05) is 0 Å². The summed E-state index contributed by atoms with van der Waals surface area (Å²) >= 11 is 0. The van der Waals surface area contributed by atoms with Gasteiger partial charge in [0.2, 0.25) is 0 Å². The summed E-state index contributed by atoms with van der Waals surface area (Å²) in [6, 6.07) is 105. The molecule has 0 radical (unpaired) electrons. The van der Waals surface area contributed by atoms with Crippen LogP contribution in [-0.2, 0) is 0 Å². The van der Waals surface area contributed by atoms with Gasteiger partial charge in [0.15, 0.2) is 0 Å². The molecule has 0 saturated heterocycles. The van der Waals surface area contributed by atoms with Crippen molar-refractivity contribution >= 4 is 67.8 Å². The molecule has 340 valence electrons. The maximum absolute atomic E-state index is 2.34. The Bertz CT molecular complexity index is 3530.